The van der Waals surface area contributed by atoms with Crippen molar-refractivity contribution in [1.29, 1.82) is 0 Å². The van der Waals surface area contributed by atoms with E-state index in [4.69, 9.17) is 4.74 Å². The number of nitrogens with one attached hydrogen (secondary N) is 1. The number of hydrogen-bond donors (Lipinski definition) is 1. The van der Waals surface area contributed by atoms with Crippen LogP contribution in [0.2, 0.25) is 0 Å². The van der Waals surface area contributed by atoms with Crippen LogP contribution >= 0.6 is 0 Å². The van der Waals surface area contributed by atoms with Gasteiger partial charge in [0.05, 0.1) is 5.56 Å². The molecule has 1 amide bonds. The van der Waals surface area contributed by atoms with Crippen molar-refractivity contribution in [1.82, 2.24) is 5.32 Å². The smallest absolute Gasteiger partial charge is 0.416 e. The molecule has 6 heteroatoms. The van der Waals surface area contributed by atoms with E-state index in [1.165, 1.54) is 12.1 Å². The van der Waals surface area contributed by atoms with Gasteiger partial charge in [0, 0.05) is 6.54 Å². The van der Waals surface area contributed by atoms with E-state index >= 15 is 0 Å². The number of carbonyl (C=O) groups excluding carboxylic acids is 1. The molecule has 0 aliphatic carbocycles. The first kappa shape index (κ1) is 17.8. The number of alkyl halides is 3. The molecule has 128 valence electrons. The third-order valence-electron chi connectivity index (χ3n) is 3.47. The van der Waals surface area contributed by atoms with Crippen LogP contribution in [0.3, 0.4) is 0 Å². The predicted molar refractivity (Wildman–Crippen MR) is 84.7 cm³/mol. The average Bonchev–Trinajstić information content (AvgIpc) is 2.53. The van der Waals surface area contributed by atoms with Gasteiger partial charge in [-0.05, 0) is 48.7 Å². The first-order valence-corrected chi connectivity index (χ1v) is 7.38. The third-order valence-corrected chi connectivity index (χ3v) is 3.47. The van der Waals surface area contributed by atoms with Crippen LogP contribution in [0.5, 0.6) is 5.75 Å². The number of rotatable bonds is 5. The van der Waals surface area contributed by atoms with Crippen molar-refractivity contribution >= 4 is 5.91 Å². The van der Waals surface area contributed by atoms with Crippen LogP contribution in [0.15, 0.2) is 42.5 Å². The minimum atomic E-state index is -4.36. The van der Waals surface area contributed by atoms with E-state index in [0.29, 0.717) is 11.3 Å². The van der Waals surface area contributed by atoms with Crippen LogP contribution in [0, 0.1) is 13.8 Å². The molecule has 3 nitrogen and oxygen atoms in total. The molecule has 0 aliphatic heterocycles. The number of ether oxygens (including phenoxy) is 1. The summed E-state index contributed by atoms with van der Waals surface area (Å²) in [6.07, 6.45) is -4.36. The summed E-state index contributed by atoms with van der Waals surface area (Å²) >= 11 is 0. The van der Waals surface area contributed by atoms with Gasteiger partial charge in [-0.15, -0.1) is 0 Å². The molecule has 2 rings (SSSR count). The van der Waals surface area contributed by atoms with Crippen LogP contribution in [0.4, 0.5) is 13.2 Å². The molecule has 2 aromatic rings. The highest BCUT2D eigenvalue weighted by Crippen LogP contribution is 2.29. The van der Waals surface area contributed by atoms with Crippen LogP contribution in [0.1, 0.15) is 22.3 Å². The topological polar surface area (TPSA) is 38.3 Å². The van der Waals surface area contributed by atoms with Crippen molar-refractivity contribution in [3.8, 4) is 5.75 Å². The van der Waals surface area contributed by atoms with E-state index in [-0.39, 0.29) is 19.1 Å². The molecule has 0 aromatic heterocycles. The summed E-state index contributed by atoms with van der Waals surface area (Å²) in [7, 11) is 0. The Kier molecular flexibility index (Phi) is 5.49. The van der Waals surface area contributed by atoms with E-state index < -0.39 is 11.7 Å². The minimum absolute atomic E-state index is 0.146. The normalized spacial score (nSPS) is 11.2. The average molecular weight is 337 g/mol. The Labute approximate surface area is 138 Å². The zero-order valence-electron chi connectivity index (χ0n) is 13.4. The van der Waals surface area contributed by atoms with E-state index in [1.807, 2.05) is 32.0 Å². The molecule has 0 spiro atoms. The number of aryl methyl sites for hydroxylation is 2. The van der Waals surface area contributed by atoms with Crippen LogP contribution < -0.4 is 10.1 Å². The van der Waals surface area contributed by atoms with Gasteiger partial charge in [0.15, 0.2) is 6.61 Å². The van der Waals surface area contributed by atoms with Crippen molar-refractivity contribution in [2.45, 2.75) is 26.6 Å². The monoisotopic (exact) mass is 337 g/mol. The fourth-order valence-electron chi connectivity index (χ4n) is 2.07. The van der Waals surface area contributed by atoms with Gasteiger partial charge in [-0.1, -0.05) is 24.3 Å². The largest absolute Gasteiger partial charge is 0.483 e. The summed E-state index contributed by atoms with van der Waals surface area (Å²) in [5.74, 6) is 0.301. The van der Waals surface area contributed by atoms with Crippen molar-refractivity contribution in [3.63, 3.8) is 0 Å². The lowest BCUT2D eigenvalue weighted by molar-refractivity contribution is -0.137. The summed E-state index contributed by atoms with van der Waals surface area (Å²) in [5.41, 5.74) is 1.83. The highest BCUT2D eigenvalue weighted by atomic mass is 19.4. The van der Waals surface area contributed by atoms with Gasteiger partial charge >= 0.3 is 6.18 Å². The van der Waals surface area contributed by atoms with Gasteiger partial charge < -0.3 is 10.1 Å². The van der Waals surface area contributed by atoms with Gasteiger partial charge in [-0.3, -0.25) is 4.79 Å². The summed E-state index contributed by atoms with van der Waals surface area (Å²) in [4.78, 5) is 11.8. The Morgan fingerprint density at radius 2 is 1.75 bits per heavy atom. The lowest BCUT2D eigenvalue weighted by Crippen LogP contribution is -2.28. The number of amides is 1. The molecule has 1 N–H and O–H groups in total. The van der Waals surface area contributed by atoms with Gasteiger partial charge in [0.1, 0.15) is 5.75 Å². The SMILES string of the molecule is Cc1ccc(C)c(OCC(=O)NCc2ccc(C(F)(F)F)cc2)c1. The van der Waals surface area contributed by atoms with Gasteiger partial charge in [0.2, 0.25) is 0 Å². The van der Waals surface area contributed by atoms with E-state index in [9.17, 15) is 18.0 Å². The maximum Gasteiger partial charge on any atom is 0.416 e. The number of hydrogen-bond acceptors (Lipinski definition) is 2. The summed E-state index contributed by atoms with van der Waals surface area (Å²) in [6, 6.07) is 10.4. The standard InChI is InChI=1S/C18H18F3NO2/c1-12-3-4-13(2)16(9-12)24-11-17(23)22-10-14-5-7-15(8-6-14)18(19,20)21/h3-9H,10-11H2,1-2H3,(H,22,23). The van der Waals surface area contributed by atoms with E-state index in [1.54, 1.807) is 0 Å². The summed E-state index contributed by atoms with van der Waals surface area (Å²) in [6.45, 7) is 3.81. The number of carbonyl (C=O) groups is 1. The Morgan fingerprint density at radius 1 is 1.08 bits per heavy atom. The first-order chi connectivity index (χ1) is 11.3. The molecule has 0 atom stereocenters. The second-order valence-corrected chi connectivity index (χ2v) is 5.53. The second-order valence-electron chi connectivity index (χ2n) is 5.53. The fraction of sp³-hybridized carbons (Fsp3) is 0.278. The molecule has 0 aliphatic rings. The lowest BCUT2D eigenvalue weighted by atomic mass is 10.1. The van der Waals surface area contributed by atoms with E-state index in [0.717, 1.165) is 23.3 Å². The Balaban J connectivity index is 1.84. The molecule has 0 unspecified atom stereocenters. The van der Waals surface area contributed by atoms with Crippen LogP contribution in [-0.4, -0.2) is 12.5 Å². The second kappa shape index (κ2) is 7.38. The van der Waals surface area contributed by atoms with Crippen LogP contribution in [-0.2, 0) is 17.5 Å². The maximum absolute atomic E-state index is 12.5. The maximum atomic E-state index is 12.5. The van der Waals surface area contributed by atoms with Crippen LogP contribution in [0.25, 0.3) is 0 Å². The zero-order valence-corrected chi connectivity index (χ0v) is 13.4. The summed E-state index contributed by atoms with van der Waals surface area (Å²) < 4.78 is 42.9. The summed E-state index contributed by atoms with van der Waals surface area (Å²) in [5, 5.41) is 2.62. The molecule has 0 saturated heterocycles. The van der Waals surface area contributed by atoms with Gasteiger partial charge in [0.25, 0.3) is 5.91 Å². The molecule has 24 heavy (non-hydrogen) atoms. The lowest BCUT2D eigenvalue weighted by Gasteiger charge is -2.11. The van der Waals surface area contributed by atoms with E-state index in [2.05, 4.69) is 5.32 Å². The highest BCUT2D eigenvalue weighted by molar-refractivity contribution is 5.77. The van der Waals surface area contributed by atoms with Crippen molar-refractivity contribution in [2.75, 3.05) is 6.61 Å². The highest BCUT2D eigenvalue weighted by Gasteiger charge is 2.29. The van der Waals surface area contributed by atoms with Crippen molar-refractivity contribution in [2.24, 2.45) is 0 Å². The number of halogens is 3. The van der Waals surface area contributed by atoms with Crippen molar-refractivity contribution < 1.29 is 22.7 Å². The molecular formula is C18H18F3NO2. The molecule has 0 bridgehead atoms. The molecular weight excluding hydrogens is 319 g/mol. The van der Waals surface area contributed by atoms with Crippen molar-refractivity contribution in [3.05, 3.63) is 64.7 Å². The first-order valence-electron chi connectivity index (χ1n) is 7.38. The molecule has 0 saturated carbocycles. The Bertz CT molecular complexity index is 709. The van der Waals surface area contributed by atoms with Gasteiger partial charge in [-0.25, -0.2) is 0 Å². The quantitative estimate of drug-likeness (QED) is 0.895. The zero-order chi connectivity index (χ0) is 17.7. The molecule has 0 radical (unpaired) electrons. The Hall–Kier alpha value is -2.50. The fourth-order valence-corrected chi connectivity index (χ4v) is 2.07. The molecule has 0 heterocycles. The molecule has 0 fully saturated rings. The molecule has 2 aromatic carbocycles. The van der Waals surface area contributed by atoms with Gasteiger partial charge in [-0.2, -0.15) is 13.2 Å². The Morgan fingerprint density at radius 3 is 2.38 bits per heavy atom. The minimum Gasteiger partial charge on any atom is -0.483 e. The number of benzene rings is 2. The third kappa shape index (κ3) is 5.01. The predicted octanol–water partition coefficient (Wildman–Crippen LogP) is 4.02.